The van der Waals surface area contributed by atoms with Crippen molar-refractivity contribution in [2.24, 2.45) is 0 Å². The number of benzene rings is 2. The Morgan fingerprint density at radius 1 is 1.00 bits per heavy atom. The van der Waals surface area contributed by atoms with Crippen molar-refractivity contribution >= 4 is 27.0 Å². The molecule has 0 bridgehead atoms. The van der Waals surface area contributed by atoms with Gasteiger partial charge in [-0.1, -0.05) is 18.2 Å². The SMILES string of the molecule is O=S(=O)(NCCCNc1nccc(-n2cnc3ccccc32)n1)c1cccc(F)c1. The van der Waals surface area contributed by atoms with Crippen LogP contribution in [0.2, 0.25) is 0 Å². The molecule has 30 heavy (non-hydrogen) atoms. The maximum Gasteiger partial charge on any atom is 0.240 e. The molecule has 4 aromatic rings. The van der Waals surface area contributed by atoms with Gasteiger partial charge in [0.2, 0.25) is 16.0 Å². The first-order chi connectivity index (χ1) is 14.5. The van der Waals surface area contributed by atoms with Crippen molar-refractivity contribution in [1.82, 2.24) is 24.2 Å². The van der Waals surface area contributed by atoms with Crippen LogP contribution in [0, 0.1) is 5.82 Å². The average Bonchev–Trinajstić information content (AvgIpc) is 3.18. The van der Waals surface area contributed by atoms with Crippen LogP contribution in [0.1, 0.15) is 6.42 Å². The molecule has 4 rings (SSSR count). The largest absolute Gasteiger partial charge is 0.354 e. The summed E-state index contributed by atoms with van der Waals surface area (Å²) in [6.07, 6.45) is 3.85. The normalized spacial score (nSPS) is 11.6. The second-order valence-corrected chi connectivity index (χ2v) is 8.24. The molecular formula is C20H19FN6O2S. The zero-order chi connectivity index (χ0) is 21.0. The van der Waals surface area contributed by atoms with E-state index < -0.39 is 15.8 Å². The van der Waals surface area contributed by atoms with Gasteiger partial charge in [0.1, 0.15) is 18.0 Å². The standard InChI is InChI=1S/C20H19FN6O2S/c21-15-5-3-6-16(13-15)30(28,29)25-11-4-10-22-20-23-12-9-19(26-20)27-14-24-17-7-1-2-8-18(17)27/h1-3,5-9,12-14,25H,4,10-11H2,(H,22,23,26). The van der Waals surface area contributed by atoms with Crippen LogP contribution in [0.4, 0.5) is 10.3 Å². The molecule has 0 atom stereocenters. The number of hydrogen-bond acceptors (Lipinski definition) is 6. The molecule has 0 radical (unpaired) electrons. The highest BCUT2D eigenvalue weighted by Gasteiger charge is 2.13. The molecule has 0 aliphatic rings. The van der Waals surface area contributed by atoms with Crippen LogP contribution in [0.3, 0.4) is 0 Å². The van der Waals surface area contributed by atoms with Crippen molar-refractivity contribution in [1.29, 1.82) is 0 Å². The first kappa shape index (κ1) is 19.9. The summed E-state index contributed by atoms with van der Waals surface area (Å²) in [5.41, 5.74) is 1.81. The van der Waals surface area contributed by atoms with Crippen molar-refractivity contribution in [3.05, 3.63) is 72.9 Å². The van der Waals surface area contributed by atoms with Crippen molar-refractivity contribution < 1.29 is 12.8 Å². The van der Waals surface area contributed by atoms with Gasteiger partial charge >= 0.3 is 0 Å². The number of aromatic nitrogens is 4. The van der Waals surface area contributed by atoms with Gasteiger partial charge in [0.25, 0.3) is 0 Å². The fourth-order valence-electron chi connectivity index (χ4n) is 2.92. The van der Waals surface area contributed by atoms with Gasteiger partial charge in [-0.2, -0.15) is 4.98 Å². The third-order valence-electron chi connectivity index (χ3n) is 4.38. The molecule has 0 unspecified atom stereocenters. The molecule has 2 N–H and O–H groups in total. The second-order valence-electron chi connectivity index (χ2n) is 6.48. The highest BCUT2D eigenvalue weighted by Crippen LogP contribution is 2.16. The molecule has 0 aliphatic heterocycles. The first-order valence-electron chi connectivity index (χ1n) is 9.27. The van der Waals surface area contributed by atoms with E-state index in [1.807, 2.05) is 28.8 Å². The zero-order valence-corrected chi connectivity index (χ0v) is 16.7. The van der Waals surface area contributed by atoms with Crippen molar-refractivity contribution in [3.63, 3.8) is 0 Å². The summed E-state index contributed by atoms with van der Waals surface area (Å²) >= 11 is 0. The maximum absolute atomic E-state index is 13.2. The Balaban J connectivity index is 1.33. The minimum atomic E-state index is -3.74. The number of rotatable bonds is 8. The summed E-state index contributed by atoms with van der Waals surface area (Å²) in [6.45, 7) is 0.650. The first-order valence-corrected chi connectivity index (χ1v) is 10.8. The van der Waals surface area contributed by atoms with Gasteiger partial charge in [-0.05, 0) is 42.8 Å². The van der Waals surface area contributed by atoms with Gasteiger partial charge in [0.15, 0.2) is 0 Å². The Hall–Kier alpha value is -3.37. The number of fused-ring (bicyclic) bond motifs is 1. The molecule has 0 aliphatic carbocycles. The average molecular weight is 426 g/mol. The van der Waals surface area contributed by atoms with Crippen LogP contribution < -0.4 is 10.0 Å². The molecule has 154 valence electrons. The van der Waals surface area contributed by atoms with E-state index in [1.54, 1.807) is 18.6 Å². The van der Waals surface area contributed by atoms with Crippen LogP contribution in [0.5, 0.6) is 0 Å². The van der Waals surface area contributed by atoms with Gasteiger partial charge in [0, 0.05) is 19.3 Å². The molecule has 0 amide bonds. The van der Waals surface area contributed by atoms with E-state index in [4.69, 9.17) is 0 Å². The topological polar surface area (TPSA) is 102 Å². The number of halogens is 1. The summed E-state index contributed by atoms with van der Waals surface area (Å²) in [5, 5.41) is 3.08. The van der Waals surface area contributed by atoms with Gasteiger partial charge in [-0.15, -0.1) is 0 Å². The Morgan fingerprint density at radius 3 is 2.73 bits per heavy atom. The molecule has 8 nitrogen and oxygen atoms in total. The van der Waals surface area contributed by atoms with Crippen LogP contribution in [-0.2, 0) is 10.0 Å². The van der Waals surface area contributed by atoms with E-state index in [9.17, 15) is 12.8 Å². The summed E-state index contributed by atoms with van der Waals surface area (Å²) in [4.78, 5) is 12.9. The third kappa shape index (κ3) is 4.44. The second kappa shape index (κ2) is 8.56. The third-order valence-corrected chi connectivity index (χ3v) is 5.84. The minimum Gasteiger partial charge on any atom is -0.354 e. The van der Waals surface area contributed by atoms with E-state index in [2.05, 4.69) is 25.0 Å². The number of sulfonamides is 1. The Bertz CT molecular complexity index is 1280. The quantitative estimate of drug-likeness (QED) is 0.420. The lowest BCUT2D eigenvalue weighted by Crippen LogP contribution is -2.26. The highest BCUT2D eigenvalue weighted by atomic mass is 32.2. The predicted octanol–water partition coefficient (Wildman–Crippen LogP) is 2.74. The molecule has 0 saturated heterocycles. The van der Waals surface area contributed by atoms with Crippen LogP contribution in [0.25, 0.3) is 16.9 Å². The molecule has 0 fully saturated rings. The smallest absolute Gasteiger partial charge is 0.240 e. The zero-order valence-electron chi connectivity index (χ0n) is 15.9. The molecule has 2 aromatic carbocycles. The molecule has 2 aromatic heterocycles. The Morgan fingerprint density at radius 2 is 1.87 bits per heavy atom. The van der Waals surface area contributed by atoms with E-state index >= 15 is 0 Å². The van der Waals surface area contributed by atoms with Crippen molar-refractivity contribution in [3.8, 4) is 5.82 Å². The summed E-state index contributed by atoms with van der Waals surface area (Å²) in [7, 11) is -3.74. The molecule has 2 heterocycles. The number of hydrogen-bond donors (Lipinski definition) is 2. The number of para-hydroxylation sites is 2. The summed E-state index contributed by atoms with van der Waals surface area (Å²) < 4.78 is 41.9. The number of imidazole rings is 1. The summed E-state index contributed by atoms with van der Waals surface area (Å²) in [5.74, 6) is 0.508. The number of anilines is 1. The highest BCUT2D eigenvalue weighted by molar-refractivity contribution is 7.89. The number of nitrogens with zero attached hydrogens (tertiary/aromatic N) is 4. The fraction of sp³-hybridized carbons (Fsp3) is 0.150. The monoisotopic (exact) mass is 426 g/mol. The van der Waals surface area contributed by atoms with E-state index in [0.29, 0.717) is 24.7 Å². The van der Waals surface area contributed by atoms with Gasteiger partial charge in [0.05, 0.1) is 15.9 Å². The Kier molecular flexibility index (Phi) is 5.68. The van der Waals surface area contributed by atoms with Crippen molar-refractivity contribution in [2.45, 2.75) is 11.3 Å². The van der Waals surface area contributed by atoms with Crippen LogP contribution >= 0.6 is 0 Å². The maximum atomic E-state index is 13.2. The van der Waals surface area contributed by atoms with Gasteiger partial charge in [-0.25, -0.2) is 27.5 Å². The minimum absolute atomic E-state index is 0.0981. The molecule has 0 spiro atoms. The lowest BCUT2D eigenvalue weighted by atomic mass is 10.3. The molecule has 10 heteroatoms. The van der Waals surface area contributed by atoms with E-state index in [0.717, 1.165) is 17.1 Å². The van der Waals surface area contributed by atoms with Crippen LogP contribution in [0.15, 0.2) is 72.0 Å². The molecular weight excluding hydrogens is 407 g/mol. The fourth-order valence-corrected chi connectivity index (χ4v) is 4.03. The van der Waals surface area contributed by atoms with Gasteiger partial charge in [-0.3, -0.25) is 4.57 Å². The van der Waals surface area contributed by atoms with E-state index in [-0.39, 0.29) is 11.4 Å². The lowest BCUT2D eigenvalue weighted by Gasteiger charge is -2.09. The van der Waals surface area contributed by atoms with Gasteiger partial charge < -0.3 is 5.32 Å². The summed E-state index contributed by atoms with van der Waals surface area (Å²) in [6, 6.07) is 14.4. The molecule has 0 saturated carbocycles. The van der Waals surface area contributed by atoms with E-state index in [1.165, 1.54) is 18.2 Å². The predicted molar refractivity (Wildman–Crippen MR) is 111 cm³/mol. The van der Waals surface area contributed by atoms with Crippen LogP contribution in [-0.4, -0.2) is 41.0 Å². The Labute approximate surface area is 172 Å². The lowest BCUT2D eigenvalue weighted by molar-refractivity contribution is 0.576. The van der Waals surface area contributed by atoms with Crippen molar-refractivity contribution in [2.75, 3.05) is 18.4 Å². The number of nitrogens with one attached hydrogen (secondary N) is 2.